The molecular weight excluding hydrogens is 500 g/mol. The van der Waals surface area contributed by atoms with Crippen LogP contribution >= 0.6 is 11.8 Å². The highest BCUT2D eigenvalue weighted by Gasteiger charge is 2.22. The molecule has 0 aliphatic carbocycles. The number of pyridine rings is 1. The number of rotatable bonds is 8. The molecule has 1 amide bonds. The molecule has 0 saturated heterocycles. The van der Waals surface area contributed by atoms with Gasteiger partial charge in [-0.25, -0.2) is 4.98 Å². The zero-order chi connectivity index (χ0) is 27.2. The third-order valence-electron chi connectivity index (χ3n) is 5.90. The Bertz CT molecular complexity index is 1530. The fourth-order valence-corrected chi connectivity index (χ4v) is 4.74. The molecule has 0 aliphatic heterocycles. The largest absolute Gasteiger partial charge is 0.497 e. The maximum absolute atomic E-state index is 13.0. The van der Waals surface area contributed by atoms with Gasteiger partial charge in [-0.05, 0) is 55.8 Å². The Labute approximate surface area is 224 Å². The zero-order valence-electron chi connectivity index (χ0n) is 21.0. The van der Waals surface area contributed by atoms with E-state index in [-0.39, 0.29) is 11.6 Å². The molecule has 0 unspecified atom stereocenters. The smallest absolute Gasteiger partial charge is 0.274 e. The molecule has 1 heterocycles. The van der Waals surface area contributed by atoms with E-state index in [1.807, 2.05) is 60.7 Å². The van der Waals surface area contributed by atoms with Crippen molar-refractivity contribution in [3.05, 3.63) is 100 Å². The number of thioether (sulfide) groups is 1. The van der Waals surface area contributed by atoms with E-state index in [0.717, 1.165) is 22.9 Å². The van der Waals surface area contributed by atoms with Crippen LogP contribution in [0.5, 0.6) is 5.75 Å². The Kier molecular flexibility index (Phi) is 8.04. The quantitative estimate of drug-likeness (QED) is 0.156. The Morgan fingerprint density at radius 3 is 2.42 bits per heavy atom. The molecule has 0 aliphatic rings. The molecule has 4 aromatic rings. The lowest BCUT2D eigenvalue weighted by Gasteiger charge is -2.16. The number of anilines is 1. The summed E-state index contributed by atoms with van der Waals surface area (Å²) in [6, 6.07) is 25.7. The number of hydrogen-bond acceptors (Lipinski definition) is 7. The van der Waals surface area contributed by atoms with Crippen LogP contribution in [0.25, 0.3) is 22.4 Å². The van der Waals surface area contributed by atoms with Crippen molar-refractivity contribution in [3.8, 4) is 34.2 Å². The number of ether oxygens (including phenoxy) is 1. The van der Waals surface area contributed by atoms with Gasteiger partial charge in [0.2, 0.25) is 5.91 Å². The van der Waals surface area contributed by atoms with Crippen molar-refractivity contribution >= 4 is 29.0 Å². The Morgan fingerprint density at radius 1 is 1.08 bits per heavy atom. The van der Waals surface area contributed by atoms with Gasteiger partial charge >= 0.3 is 0 Å². The number of nitriles is 1. The second-order valence-electron chi connectivity index (χ2n) is 8.45. The van der Waals surface area contributed by atoms with E-state index in [0.29, 0.717) is 38.8 Å². The van der Waals surface area contributed by atoms with Gasteiger partial charge in [0, 0.05) is 28.4 Å². The predicted molar refractivity (Wildman–Crippen MR) is 148 cm³/mol. The first-order valence-corrected chi connectivity index (χ1v) is 12.6. The summed E-state index contributed by atoms with van der Waals surface area (Å²) in [5.74, 6) is 0.344. The number of nitro groups is 1. The summed E-state index contributed by atoms with van der Waals surface area (Å²) in [5.41, 5.74) is 4.16. The number of methoxy groups -OCH3 is 1. The monoisotopic (exact) mass is 524 g/mol. The molecule has 9 heteroatoms. The minimum absolute atomic E-state index is 0.0729. The number of nitrogens with zero attached hydrogens (tertiary/aromatic N) is 3. The first-order valence-electron chi connectivity index (χ1n) is 11.7. The Hall–Kier alpha value is -4.68. The molecule has 190 valence electrons. The van der Waals surface area contributed by atoms with Gasteiger partial charge in [0.1, 0.15) is 16.8 Å². The number of benzene rings is 3. The number of aryl methyl sites for hydroxylation is 1. The van der Waals surface area contributed by atoms with E-state index in [2.05, 4.69) is 11.4 Å². The zero-order valence-corrected chi connectivity index (χ0v) is 21.8. The minimum atomic E-state index is -0.648. The third kappa shape index (κ3) is 5.82. The Morgan fingerprint density at radius 2 is 1.79 bits per heavy atom. The van der Waals surface area contributed by atoms with E-state index in [9.17, 15) is 20.2 Å². The highest BCUT2D eigenvalue weighted by atomic mass is 32.2. The van der Waals surface area contributed by atoms with Gasteiger partial charge in [-0.3, -0.25) is 14.9 Å². The first-order chi connectivity index (χ1) is 18.3. The van der Waals surface area contributed by atoms with Gasteiger partial charge in [0.05, 0.1) is 28.5 Å². The van der Waals surface area contributed by atoms with Crippen LogP contribution in [0.2, 0.25) is 0 Å². The third-order valence-corrected chi connectivity index (χ3v) is 6.99. The predicted octanol–water partition coefficient (Wildman–Crippen LogP) is 6.63. The second-order valence-corrected chi connectivity index (χ2v) is 9.78. The number of carbonyl (C=O) groups is 1. The highest BCUT2D eigenvalue weighted by molar-refractivity contribution is 8.00. The minimum Gasteiger partial charge on any atom is -0.497 e. The van der Waals surface area contributed by atoms with Crippen molar-refractivity contribution in [2.75, 3.05) is 12.4 Å². The molecule has 8 nitrogen and oxygen atoms in total. The van der Waals surface area contributed by atoms with E-state index < -0.39 is 10.2 Å². The van der Waals surface area contributed by atoms with Gasteiger partial charge < -0.3 is 10.1 Å². The van der Waals surface area contributed by atoms with Crippen LogP contribution in [0, 0.1) is 28.4 Å². The molecule has 0 saturated carbocycles. The topological polar surface area (TPSA) is 118 Å². The summed E-state index contributed by atoms with van der Waals surface area (Å²) in [7, 11) is 1.60. The van der Waals surface area contributed by atoms with Crippen molar-refractivity contribution in [2.24, 2.45) is 0 Å². The highest BCUT2D eigenvalue weighted by Crippen LogP contribution is 2.36. The molecule has 38 heavy (non-hydrogen) atoms. The summed E-state index contributed by atoms with van der Waals surface area (Å²) < 4.78 is 5.26. The molecule has 0 radical (unpaired) electrons. The molecule has 1 N–H and O–H groups in total. The van der Waals surface area contributed by atoms with Gasteiger partial charge in [-0.1, -0.05) is 48.2 Å². The molecular formula is C29H24N4O4S. The maximum Gasteiger partial charge on any atom is 0.274 e. The van der Waals surface area contributed by atoms with Crippen molar-refractivity contribution < 1.29 is 14.5 Å². The van der Waals surface area contributed by atoms with Crippen LogP contribution in [-0.2, 0) is 4.79 Å². The van der Waals surface area contributed by atoms with Gasteiger partial charge in [0.15, 0.2) is 0 Å². The van der Waals surface area contributed by atoms with Crippen LogP contribution < -0.4 is 10.1 Å². The molecule has 1 atom stereocenters. The Balaban J connectivity index is 1.70. The van der Waals surface area contributed by atoms with Crippen LogP contribution in [0.1, 0.15) is 18.1 Å². The van der Waals surface area contributed by atoms with Crippen LogP contribution in [0.4, 0.5) is 11.4 Å². The maximum atomic E-state index is 13.0. The van der Waals surface area contributed by atoms with E-state index in [4.69, 9.17) is 9.72 Å². The summed E-state index contributed by atoms with van der Waals surface area (Å²) in [4.78, 5) is 28.6. The summed E-state index contributed by atoms with van der Waals surface area (Å²) in [5, 5.41) is 23.9. The number of aromatic nitrogens is 1. The average Bonchev–Trinajstić information content (AvgIpc) is 2.94. The number of amides is 1. The van der Waals surface area contributed by atoms with E-state index in [1.165, 1.54) is 6.07 Å². The summed E-state index contributed by atoms with van der Waals surface area (Å²) in [6.45, 7) is 3.34. The van der Waals surface area contributed by atoms with Crippen molar-refractivity contribution in [3.63, 3.8) is 0 Å². The average molecular weight is 525 g/mol. The summed E-state index contributed by atoms with van der Waals surface area (Å²) >= 11 is 1.16. The molecule has 3 aromatic carbocycles. The lowest BCUT2D eigenvalue weighted by atomic mass is 9.99. The van der Waals surface area contributed by atoms with Crippen molar-refractivity contribution in [1.82, 2.24) is 4.98 Å². The molecule has 1 aromatic heterocycles. The van der Waals surface area contributed by atoms with Crippen LogP contribution in [-0.4, -0.2) is 28.2 Å². The van der Waals surface area contributed by atoms with Gasteiger partial charge in [-0.2, -0.15) is 5.26 Å². The van der Waals surface area contributed by atoms with Gasteiger partial charge in [-0.15, -0.1) is 0 Å². The fourth-order valence-electron chi connectivity index (χ4n) is 3.82. The van der Waals surface area contributed by atoms with Crippen molar-refractivity contribution in [2.45, 2.75) is 24.1 Å². The van der Waals surface area contributed by atoms with Crippen molar-refractivity contribution in [1.29, 1.82) is 5.26 Å². The van der Waals surface area contributed by atoms with Crippen LogP contribution in [0.15, 0.2) is 83.9 Å². The lowest BCUT2D eigenvalue weighted by Crippen LogP contribution is -2.22. The number of hydrogen-bond donors (Lipinski definition) is 1. The second kappa shape index (κ2) is 11.6. The number of carbonyl (C=O) groups excluding carboxylic acids is 1. The van der Waals surface area contributed by atoms with E-state index >= 15 is 0 Å². The van der Waals surface area contributed by atoms with Crippen LogP contribution in [0.3, 0.4) is 0 Å². The normalized spacial score (nSPS) is 11.3. The standard InChI is InChI=1S/C29H24N4O4S/c1-18-9-12-22(15-27(18)33(35)36)31-28(34)19(2)38-29-25(17-30)24(20-7-5-4-6-8-20)16-26(32-29)21-10-13-23(37-3)14-11-21/h4-16,19H,1-3H3,(H,31,34)/t19-/m1/s1. The lowest BCUT2D eigenvalue weighted by molar-refractivity contribution is -0.385. The SMILES string of the molecule is COc1ccc(-c2cc(-c3ccccc3)c(C#N)c(S[C@H](C)C(=O)Nc3ccc(C)c([N+](=O)[O-])c3)n2)cc1. The summed E-state index contributed by atoms with van der Waals surface area (Å²) in [6.07, 6.45) is 0. The first kappa shape index (κ1) is 26.4. The molecule has 0 bridgehead atoms. The molecule has 4 rings (SSSR count). The van der Waals surface area contributed by atoms with E-state index in [1.54, 1.807) is 33.1 Å². The number of nitro benzene ring substituents is 1. The molecule has 0 spiro atoms. The fraction of sp³-hybridized carbons (Fsp3) is 0.138. The van der Waals surface area contributed by atoms with Gasteiger partial charge in [0.25, 0.3) is 5.69 Å². The number of nitrogens with one attached hydrogen (secondary N) is 1. The molecule has 0 fully saturated rings.